The van der Waals surface area contributed by atoms with Crippen molar-refractivity contribution < 1.29 is 4.79 Å². The van der Waals surface area contributed by atoms with E-state index in [4.69, 9.17) is 0 Å². The van der Waals surface area contributed by atoms with E-state index in [9.17, 15) is 10.1 Å². The van der Waals surface area contributed by atoms with Crippen molar-refractivity contribution in [3.05, 3.63) is 87.3 Å². The lowest BCUT2D eigenvalue weighted by molar-refractivity contribution is 0.102. The number of nitriles is 1. The first-order valence-corrected chi connectivity index (χ1v) is 10.4. The lowest BCUT2D eigenvalue weighted by Crippen LogP contribution is -2.12. The lowest BCUT2D eigenvalue weighted by atomic mass is 9.88. The van der Waals surface area contributed by atoms with Gasteiger partial charge in [0.1, 0.15) is 11.1 Å². The zero-order valence-corrected chi connectivity index (χ0v) is 16.7. The van der Waals surface area contributed by atoms with Gasteiger partial charge < -0.3 is 5.32 Å². The van der Waals surface area contributed by atoms with Crippen molar-refractivity contribution in [2.24, 2.45) is 5.92 Å². The van der Waals surface area contributed by atoms with Crippen LogP contribution in [0, 0.1) is 17.2 Å². The van der Waals surface area contributed by atoms with E-state index in [1.807, 2.05) is 42.5 Å². The molecular formula is C24H22N2OS. The van der Waals surface area contributed by atoms with Crippen molar-refractivity contribution in [2.75, 3.05) is 5.32 Å². The van der Waals surface area contributed by atoms with Crippen molar-refractivity contribution in [3.8, 4) is 6.07 Å². The Morgan fingerprint density at radius 3 is 2.57 bits per heavy atom. The van der Waals surface area contributed by atoms with Crippen LogP contribution in [0.5, 0.6) is 0 Å². The standard InChI is InChI=1S/C24H22N2OS/c1-16-7-12-22-20(13-16)21(15-25)24(28-22)26-23(27)19-10-8-18(9-11-19)14-17-5-3-2-4-6-17/h2-6,8-11,16H,7,12-14H2,1H3,(H,26,27). The molecule has 0 spiro atoms. The van der Waals surface area contributed by atoms with Crippen molar-refractivity contribution in [3.63, 3.8) is 0 Å². The minimum Gasteiger partial charge on any atom is -0.312 e. The first kappa shape index (κ1) is 18.5. The molecule has 3 aromatic rings. The highest BCUT2D eigenvalue weighted by Crippen LogP contribution is 2.39. The molecular weight excluding hydrogens is 364 g/mol. The van der Waals surface area contributed by atoms with Gasteiger partial charge in [0, 0.05) is 10.4 Å². The topological polar surface area (TPSA) is 52.9 Å². The van der Waals surface area contributed by atoms with Gasteiger partial charge in [-0.05, 0) is 60.4 Å². The van der Waals surface area contributed by atoms with E-state index in [1.54, 1.807) is 11.3 Å². The van der Waals surface area contributed by atoms with Crippen molar-refractivity contribution in [2.45, 2.75) is 32.6 Å². The molecule has 0 radical (unpaired) electrons. The minimum atomic E-state index is -0.158. The fraction of sp³-hybridized carbons (Fsp3) is 0.250. The first-order chi connectivity index (χ1) is 13.6. The molecule has 1 unspecified atom stereocenters. The summed E-state index contributed by atoms with van der Waals surface area (Å²) in [5.74, 6) is 0.435. The Hall–Kier alpha value is -2.90. The molecule has 1 amide bonds. The highest BCUT2D eigenvalue weighted by Gasteiger charge is 2.25. The number of benzene rings is 2. The highest BCUT2D eigenvalue weighted by molar-refractivity contribution is 7.16. The number of anilines is 1. The molecule has 28 heavy (non-hydrogen) atoms. The number of aryl methyl sites for hydroxylation is 1. The van der Waals surface area contributed by atoms with Gasteiger partial charge in [-0.3, -0.25) is 4.79 Å². The van der Waals surface area contributed by atoms with Crippen LogP contribution in [0.3, 0.4) is 0 Å². The molecule has 0 saturated heterocycles. The number of carbonyl (C=O) groups is 1. The van der Waals surface area contributed by atoms with Gasteiger partial charge in [-0.2, -0.15) is 5.26 Å². The SMILES string of the molecule is CC1CCc2sc(NC(=O)c3ccc(Cc4ccccc4)cc3)c(C#N)c2C1. The molecule has 1 N–H and O–H groups in total. The number of carbonyl (C=O) groups excluding carboxylic acids is 1. The maximum Gasteiger partial charge on any atom is 0.256 e. The molecule has 0 saturated carbocycles. The second kappa shape index (κ2) is 8.00. The fourth-order valence-electron chi connectivity index (χ4n) is 3.75. The number of amides is 1. The van der Waals surface area contributed by atoms with Crippen LogP contribution in [0.25, 0.3) is 0 Å². The summed E-state index contributed by atoms with van der Waals surface area (Å²) in [6.07, 6.45) is 3.92. The Morgan fingerprint density at radius 1 is 1.14 bits per heavy atom. The molecule has 0 bridgehead atoms. The molecule has 0 fully saturated rings. The summed E-state index contributed by atoms with van der Waals surface area (Å²) in [4.78, 5) is 14.0. The van der Waals surface area contributed by atoms with Gasteiger partial charge in [0.2, 0.25) is 0 Å². The molecule has 0 aliphatic heterocycles. The highest BCUT2D eigenvalue weighted by atomic mass is 32.1. The number of fused-ring (bicyclic) bond motifs is 1. The molecule has 1 atom stereocenters. The maximum atomic E-state index is 12.7. The summed E-state index contributed by atoms with van der Waals surface area (Å²) >= 11 is 1.56. The molecule has 1 aromatic heterocycles. The average molecular weight is 387 g/mol. The fourth-order valence-corrected chi connectivity index (χ4v) is 4.93. The van der Waals surface area contributed by atoms with Crippen molar-refractivity contribution in [1.29, 1.82) is 5.26 Å². The summed E-state index contributed by atoms with van der Waals surface area (Å²) in [5.41, 5.74) is 4.82. The van der Waals surface area contributed by atoms with E-state index in [0.29, 0.717) is 22.0 Å². The molecule has 3 nitrogen and oxygen atoms in total. The number of nitrogens with one attached hydrogen (secondary N) is 1. The molecule has 4 rings (SSSR count). The van der Waals surface area contributed by atoms with Gasteiger partial charge in [-0.15, -0.1) is 11.3 Å². The Bertz CT molecular complexity index is 1030. The second-order valence-electron chi connectivity index (χ2n) is 7.48. The average Bonchev–Trinajstić information content (AvgIpc) is 3.05. The molecule has 140 valence electrons. The summed E-state index contributed by atoms with van der Waals surface area (Å²) in [6.45, 7) is 2.22. The van der Waals surface area contributed by atoms with Gasteiger partial charge in [-0.1, -0.05) is 49.4 Å². The largest absolute Gasteiger partial charge is 0.312 e. The van der Waals surface area contributed by atoms with Crippen LogP contribution in [0.4, 0.5) is 5.00 Å². The van der Waals surface area contributed by atoms with Crippen LogP contribution in [0.2, 0.25) is 0 Å². The van der Waals surface area contributed by atoms with Crippen LogP contribution in [-0.4, -0.2) is 5.91 Å². The Morgan fingerprint density at radius 2 is 1.86 bits per heavy atom. The molecule has 1 aliphatic rings. The number of hydrogen-bond acceptors (Lipinski definition) is 3. The predicted octanol–water partition coefficient (Wildman–Crippen LogP) is 5.59. The van der Waals surface area contributed by atoms with Crippen molar-refractivity contribution >= 4 is 22.2 Å². The summed E-state index contributed by atoms with van der Waals surface area (Å²) < 4.78 is 0. The third-order valence-electron chi connectivity index (χ3n) is 5.31. The normalized spacial score (nSPS) is 15.5. The lowest BCUT2D eigenvalue weighted by Gasteiger charge is -2.17. The van der Waals surface area contributed by atoms with E-state index in [0.717, 1.165) is 31.2 Å². The third kappa shape index (κ3) is 3.85. The Balaban J connectivity index is 1.49. The zero-order valence-electron chi connectivity index (χ0n) is 15.9. The maximum absolute atomic E-state index is 12.7. The second-order valence-corrected chi connectivity index (χ2v) is 8.59. The Labute approximate surface area is 169 Å². The molecule has 4 heteroatoms. The predicted molar refractivity (Wildman–Crippen MR) is 114 cm³/mol. The van der Waals surface area contributed by atoms with Gasteiger partial charge in [0.05, 0.1) is 5.56 Å². The molecule has 1 aliphatic carbocycles. The minimum absolute atomic E-state index is 0.158. The van der Waals surface area contributed by atoms with Gasteiger partial charge in [0.25, 0.3) is 5.91 Å². The Kier molecular flexibility index (Phi) is 5.27. The quantitative estimate of drug-likeness (QED) is 0.636. The van der Waals surface area contributed by atoms with E-state index in [-0.39, 0.29) is 5.91 Å². The first-order valence-electron chi connectivity index (χ1n) is 9.63. The summed E-state index contributed by atoms with van der Waals surface area (Å²) in [5, 5.41) is 13.3. The molecule has 2 aromatic carbocycles. The number of thiophene rings is 1. The summed E-state index contributed by atoms with van der Waals surface area (Å²) in [6, 6.07) is 20.3. The smallest absolute Gasteiger partial charge is 0.256 e. The van der Waals surface area contributed by atoms with Gasteiger partial charge in [-0.25, -0.2) is 0 Å². The zero-order chi connectivity index (χ0) is 19.5. The van der Waals surface area contributed by atoms with E-state index in [1.165, 1.54) is 16.0 Å². The van der Waals surface area contributed by atoms with Crippen molar-refractivity contribution in [1.82, 2.24) is 0 Å². The summed E-state index contributed by atoms with van der Waals surface area (Å²) in [7, 11) is 0. The number of nitrogens with zero attached hydrogens (tertiary/aromatic N) is 1. The van der Waals surface area contributed by atoms with Crippen LogP contribution in [0.15, 0.2) is 54.6 Å². The van der Waals surface area contributed by atoms with Crippen LogP contribution >= 0.6 is 11.3 Å². The van der Waals surface area contributed by atoms with Gasteiger partial charge >= 0.3 is 0 Å². The monoisotopic (exact) mass is 386 g/mol. The number of hydrogen-bond donors (Lipinski definition) is 1. The van der Waals surface area contributed by atoms with Crippen LogP contribution in [0.1, 0.15) is 50.8 Å². The van der Waals surface area contributed by atoms with E-state index in [2.05, 4.69) is 30.4 Å². The van der Waals surface area contributed by atoms with E-state index < -0.39 is 0 Å². The third-order valence-corrected chi connectivity index (χ3v) is 6.52. The van der Waals surface area contributed by atoms with Crippen LogP contribution in [-0.2, 0) is 19.3 Å². The molecule has 1 heterocycles. The van der Waals surface area contributed by atoms with Crippen LogP contribution < -0.4 is 5.32 Å². The number of rotatable bonds is 4. The van der Waals surface area contributed by atoms with Gasteiger partial charge in [0.15, 0.2) is 0 Å². The van der Waals surface area contributed by atoms with E-state index >= 15 is 0 Å².